The van der Waals surface area contributed by atoms with Gasteiger partial charge in [-0.05, 0) is 31.6 Å². The van der Waals surface area contributed by atoms with Crippen molar-refractivity contribution in [2.24, 2.45) is 11.8 Å². The van der Waals surface area contributed by atoms with E-state index in [1.165, 1.54) is 32.1 Å². The summed E-state index contributed by atoms with van der Waals surface area (Å²) in [5.74, 6) is 2.12. The van der Waals surface area contributed by atoms with Gasteiger partial charge in [0.25, 0.3) is 0 Å². The highest BCUT2D eigenvalue weighted by Gasteiger charge is 2.26. The summed E-state index contributed by atoms with van der Waals surface area (Å²) in [4.78, 5) is 24.7. The topological polar surface area (TPSA) is 85.2 Å². The molecule has 2 aliphatic rings. The number of morpholine rings is 1. The number of amides is 1. The van der Waals surface area contributed by atoms with Crippen LogP contribution in [0, 0.1) is 11.8 Å². The standard InChI is InChI=1S/C25H40N6O2S/c1-4-5-6-19-7-9-20(10-8-19)24(32)26-11-12-31-23-21(17-27-31)22(30-13-15-33-16-14-30)28-25(29-23)34-18(2)3/h17-20H,4-16H2,1-3H3,(H,26,32). The molecule has 1 saturated heterocycles. The fourth-order valence-corrected chi connectivity index (χ4v) is 5.70. The normalized spacial score (nSPS) is 21.4. The van der Waals surface area contributed by atoms with E-state index in [2.05, 4.69) is 36.1 Å². The Morgan fingerprint density at radius 1 is 1.21 bits per heavy atom. The van der Waals surface area contributed by atoms with E-state index >= 15 is 0 Å². The number of ether oxygens (including phenoxy) is 1. The SMILES string of the molecule is CCCCC1CCC(C(=O)NCCn2ncc3c(N4CCOCC4)nc(SC(C)C)nc32)CC1. The van der Waals surface area contributed by atoms with Crippen LogP contribution in [0.25, 0.3) is 11.0 Å². The summed E-state index contributed by atoms with van der Waals surface area (Å²) < 4.78 is 7.44. The van der Waals surface area contributed by atoms with Crippen molar-refractivity contribution in [3.63, 3.8) is 0 Å². The van der Waals surface area contributed by atoms with Gasteiger partial charge in [0.15, 0.2) is 10.8 Å². The molecule has 2 aromatic rings. The van der Waals surface area contributed by atoms with Crippen molar-refractivity contribution in [1.29, 1.82) is 0 Å². The molecular formula is C25H40N6O2S. The van der Waals surface area contributed by atoms with Crippen molar-refractivity contribution in [2.45, 2.75) is 82.7 Å². The zero-order valence-electron chi connectivity index (χ0n) is 21.0. The summed E-state index contributed by atoms with van der Waals surface area (Å²) in [6, 6.07) is 0. The van der Waals surface area contributed by atoms with E-state index in [1.807, 2.05) is 10.9 Å². The van der Waals surface area contributed by atoms with Crippen LogP contribution in [-0.2, 0) is 16.1 Å². The number of unbranched alkanes of at least 4 members (excludes halogenated alkanes) is 1. The number of nitrogens with zero attached hydrogens (tertiary/aromatic N) is 5. The molecule has 34 heavy (non-hydrogen) atoms. The molecule has 4 rings (SSSR count). The Kier molecular flexibility index (Phi) is 9.05. The lowest BCUT2D eigenvalue weighted by Gasteiger charge is -2.28. The van der Waals surface area contributed by atoms with Gasteiger partial charge in [-0.15, -0.1) is 0 Å². The molecule has 1 saturated carbocycles. The minimum absolute atomic E-state index is 0.163. The Hall–Kier alpha value is -1.87. The van der Waals surface area contributed by atoms with E-state index in [4.69, 9.17) is 14.7 Å². The number of carbonyl (C=O) groups is 1. The van der Waals surface area contributed by atoms with Crippen LogP contribution >= 0.6 is 11.8 Å². The van der Waals surface area contributed by atoms with Crippen molar-refractivity contribution < 1.29 is 9.53 Å². The molecule has 9 heteroatoms. The van der Waals surface area contributed by atoms with E-state index in [-0.39, 0.29) is 11.8 Å². The summed E-state index contributed by atoms with van der Waals surface area (Å²) in [5.41, 5.74) is 0.838. The summed E-state index contributed by atoms with van der Waals surface area (Å²) >= 11 is 1.66. The van der Waals surface area contributed by atoms with Crippen LogP contribution in [0.15, 0.2) is 11.4 Å². The van der Waals surface area contributed by atoms with Gasteiger partial charge in [0.2, 0.25) is 5.91 Å². The second-order valence-corrected chi connectivity index (χ2v) is 11.4. The highest BCUT2D eigenvalue weighted by Crippen LogP contribution is 2.32. The highest BCUT2D eigenvalue weighted by molar-refractivity contribution is 7.99. The second kappa shape index (κ2) is 12.2. The molecule has 0 spiro atoms. The molecule has 188 valence electrons. The molecule has 3 heterocycles. The Morgan fingerprint density at radius 2 is 1.97 bits per heavy atom. The first-order chi connectivity index (χ1) is 16.5. The molecule has 1 N–H and O–H groups in total. The van der Waals surface area contributed by atoms with Crippen LogP contribution in [-0.4, -0.2) is 63.8 Å². The van der Waals surface area contributed by atoms with Gasteiger partial charge in [0, 0.05) is 30.8 Å². The molecule has 0 radical (unpaired) electrons. The van der Waals surface area contributed by atoms with Gasteiger partial charge < -0.3 is 15.0 Å². The smallest absolute Gasteiger partial charge is 0.223 e. The van der Waals surface area contributed by atoms with Crippen LogP contribution in [0.1, 0.15) is 65.7 Å². The Morgan fingerprint density at radius 3 is 2.68 bits per heavy atom. The third-order valence-corrected chi connectivity index (χ3v) is 7.78. The zero-order chi connectivity index (χ0) is 23.9. The van der Waals surface area contributed by atoms with E-state index < -0.39 is 0 Å². The Balaban J connectivity index is 1.38. The van der Waals surface area contributed by atoms with Gasteiger partial charge in [-0.1, -0.05) is 51.8 Å². The van der Waals surface area contributed by atoms with Crippen LogP contribution < -0.4 is 10.2 Å². The van der Waals surface area contributed by atoms with E-state index in [0.717, 1.165) is 53.9 Å². The average molecular weight is 489 g/mol. The predicted octanol–water partition coefficient (Wildman–Crippen LogP) is 4.28. The first-order valence-electron chi connectivity index (χ1n) is 13.1. The molecule has 8 nitrogen and oxygen atoms in total. The van der Waals surface area contributed by atoms with Gasteiger partial charge in [-0.3, -0.25) is 4.79 Å². The van der Waals surface area contributed by atoms with Gasteiger partial charge >= 0.3 is 0 Å². The van der Waals surface area contributed by atoms with Crippen molar-refractivity contribution in [3.05, 3.63) is 6.20 Å². The fourth-order valence-electron chi connectivity index (χ4n) is 5.00. The molecule has 0 unspecified atom stereocenters. The van der Waals surface area contributed by atoms with Crippen LogP contribution in [0.2, 0.25) is 0 Å². The van der Waals surface area contributed by atoms with Crippen LogP contribution in [0.4, 0.5) is 5.82 Å². The van der Waals surface area contributed by atoms with Crippen molar-refractivity contribution >= 4 is 34.5 Å². The maximum atomic E-state index is 12.8. The van der Waals surface area contributed by atoms with Gasteiger partial charge in [-0.2, -0.15) is 5.10 Å². The lowest BCUT2D eigenvalue weighted by molar-refractivity contribution is -0.126. The fraction of sp³-hybridized carbons (Fsp3) is 0.760. The van der Waals surface area contributed by atoms with E-state index in [9.17, 15) is 4.79 Å². The number of rotatable bonds is 10. The lowest BCUT2D eigenvalue weighted by Crippen LogP contribution is -2.37. The third kappa shape index (κ3) is 6.42. The van der Waals surface area contributed by atoms with Gasteiger partial charge in [0.1, 0.15) is 5.82 Å². The Bertz CT molecular complexity index is 935. The van der Waals surface area contributed by atoms with Crippen LogP contribution in [0.3, 0.4) is 0 Å². The number of aromatic nitrogens is 4. The molecule has 0 aromatic carbocycles. The lowest BCUT2D eigenvalue weighted by atomic mass is 9.79. The number of hydrogen-bond donors (Lipinski definition) is 1. The quantitative estimate of drug-likeness (QED) is 0.395. The van der Waals surface area contributed by atoms with Crippen molar-refractivity contribution in [3.8, 4) is 0 Å². The summed E-state index contributed by atoms with van der Waals surface area (Å²) in [6.07, 6.45) is 10.2. The van der Waals surface area contributed by atoms with Gasteiger partial charge in [0.05, 0.1) is 31.3 Å². The monoisotopic (exact) mass is 488 g/mol. The molecule has 1 amide bonds. The van der Waals surface area contributed by atoms with Crippen molar-refractivity contribution in [2.75, 3.05) is 37.7 Å². The third-order valence-electron chi connectivity index (χ3n) is 6.91. The largest absolute Gasteiger partial charge is 0.378 e. The zero-order valence-corrected chi connectivity index (χ0v) is 21.8. The minimum atomic E-state index is 0.163. The molecule has 0 atom stereocenters. The highest BCUT2D eigenvalue weighted by atomic mass is 32.2. The molecule has 0 bridgehead atoms. The number of anilines is 1. The van der Waals surface area contributed by atoms with E-state index in [0.29, 0.717) is 31.6 Å². The molecule has 1 aliphatic carbocycles. The molecule has 2 fully saturated rings. The predicted molar refractivity (Wildman–Crippen MR) is 137 cm³/mol. The first kappa shape index (κ1) is 25.2. The summed E-state index contributed by atoms with van der Waals surface area (Å²) in [7, 11) is 0. The number of thioether (sulfide) groups is 1. The number of carbonyl (C=O) groups excluding carboxylic acids is 1. The maximum Gasteiger partial charge on any atom is 0.223 e. The Labute approximate surface area is 207 Å². The molecule has 1 aliphatic heterocycles. The summed E-state index contributed by atoms with van der Waals surface area (Å²) in [6.45, 7) is 10.8. The van der Waals surface area contributed by atoms with E-state index in [1.54, 1.807) is 11.8 Å². The molecular weight excluding hydrogens is 448 g/mol. The summed E-state index contributed by atoms with van der Waals surface area (Å²) in [5, 5.41) is 9.91. The van der Waals surface area contributed by atoms with Gasteiger partial charge in [-0.25, -0.2) is 14.6 Å². The van der Waals surface area contributed by atoms with Crippen molar-refractivity contribution in [1.82, 2.24) is 25.1 Å². The number of fused-ring (bicyclic) bond motifs is 1. The maximum absolute atomic E-state index is 12.8. The number of hydrogen-bond acceptors (Lipinski definition) is 7. The minimum Gasteiger partial charge on any atom is -0.378 e. The molecule has 2 aromatic heterocycles. The average Bonchev–Trinajstić information content (AvgIpc) is 3.25. The first-order valence-corrected chi connectivity index (χ1v) is 13.9. The van der Waals surface area contributed by atoms with Crippen LogP contribution in [0.5, 0.6) is 0 Å². The number of nitrogens with one attached hydrogen (secondary N) is 1. The second-order valence-electron chi connectivity index (χ2n) is 9.85.